The van der Waals surface area contributed by atoms with E-state index in [4.69, 9.17) is 0 Å². The third kappa shape index (κ3) is 3.86. The minimum atomic E-state index is 1.20. The minimum absolute atomic E-state index is 1.20. The minimum Gasteiger partial charge on any atom is -0.0984 e. The zero-order chi connectivity index (χ0) is 25.5. The highest BCUT2D eigenvalue weighted by molar-refractivity contribution is 6.17. The Morgan fingerprint density at radius 2 is 1.27 bits per heavy atom. The molecule has 0 spiro atoms. The molecule has 0 heteroatoms. The molecule has 0 aliphatic heterocycles. The molecule has 6 aromatic carbocycles. The van der Waals surface area contributed by atoms with Crippen molar-refractivity contribution >= 4 is 44.5 Å². The first-order chi connectivity index (χ1) is 18.1. The maximum absolute atomic E-state index is 4.25. The molecule has 0 unspecified atom stereocenters. The second-order valence-electron chi connectivity index (χ2n) is 9.87. The second-order valence-corrected chi connectivity index (χ2v) is 9.87. The molecular weight excluding hydrogens is 444 g/mol. The maximum atomic E-state index is 4.25. The Labute approximate surface area is 219 Å². The number of aryl methyl sites for hydroxylation is 1. The van der Waals surface area contributed by atoms with Gasteiger partial charge in [0, 0.05) is 0 Å². The first-order valence-electron chi connectivity index (χ1n) is 12.9. The van der Waals surface area contributed by atoms with Crippen molar-refractivity contribution in [3.63, 3.8) is 0 Å². The lowest BCUT2D eigenvalue weighted by molar-refractivity contribution is 1.41. The highest BCUT2D eigenvalue weighted by atomic mass is 14.2. The van der Waals surface area contributed by atoms with E-state index in [1.807, 2.05) is 6.08 Å². The van der Waals surface area contributed by atoms with Crippen molar-refractivity contribution < 1.29 is 0 Å². The second kappa shape index (κ2) is 9.22. The summed E-state index contributed by atoms with van der Waals surface area (Å²) in [6.45, 7) is 10.7. The molecule has 37 heavy (non-hydrogen) atoms. The average Bonchev–Trinajstić information content (AvgIpc) is 2.93. The fourth-order valence-electron chi connectivity index (χ4n) is 5.74. The van der Waals surface area contributed by atoms with E-state index in [2.05, 4.69) is 137 Å². The molecule has 0 nitrogen and oxygen atoms in total. The Bertz CT molecular complexity index is 1860. The van der Waals surface area contributed by atoms with E-state index in [9.17, 15) is 0 Å². The normalized spacial score (nSPS) is 11.6. The van der Waals surface area contributed by atoms with Gasteiger partial charge in [0.15, 0.2) is 0 Å². The van der Waals surface area contributed by atoms with Gasteiger partial charge in [-0.1, -0.05) is 104 Å². The molecule has 0 saturated heterocycles. The first-order valence-corrected chi connectivity index (χ1v) is 12.9. The van der Waals surface area contributed by atoms with Crippen LogP contribution in [0.25, 0.3) is 66.7 Å². The highest BCUT2D eigenvalue weighted by Crippen LogP contribution is 2.41. The molecule has 0 aliphatic rings. The van der Waals surface area contributed by atoms with E-state index in [0.29, 0.717) is 0 Å². The number of benzene rings is 6. The van der Waals surface area contributed by atoms with Crippen LogP contribution < -0.4 is 0 Å². The Kier molecular flexibility index (Phi) is 5.74. The summed E-state index contributed by atoms with van der Waals surface area (Å²) in [5.74, 6) is 0. The molecule has 0 aliphatic carbocycles. The van der Waals surface area contributed by atoms with E-state index in [1.54, 1.807) is 0 Å². The molecule has 178 valence electrons. The highest BCUT2D eigenvalue weighted by Gasteiger charge is 2.16. The molecular formula is C37H30. The number of allylic oxidation sites excluding steroid dienone is 1. The van der Waals surface area contributed by atoms with E-state index in [-0.39, 0.29) is 0 Å². The van der Waals surface area contributed by atoms with Gasteiger partial charge in [0.25, 0.3) is 0 Å². The van der Waals surface area contributed by atoms with Gasteiger partial charge < -0.3 is 0 Å². The molecule has 0 bridgehead atoms. The Morgan fingerprint density at radius 3 is 2.03 bits per heavy atom. The standard InChI is InChI=1S/C37H30/c1-5-11-26-16-18-29(20-24(26)3)34-22-37-33-15-10-9-14-32(33)35(23-36(37)31(6-2)25(34)4)30-19-17-27-12-7-8-13-28(27)21-30/h5-23H,2H2,1,3-4H3. The van der Waals surface area contributed by atoms with Gasteiger partial charge in [0.2, 0.25) is 0 Å². The van der Waals surface area contributed by atoms with Crippen LogP contribution in [0.15, 0.2) is 110 Å². The lowest BCUT2D eigenvalue weighted by Gasteiger charge is -2.18. The molecule has 0 saturated carbocycles. The predicted octanol–water partition coefficient (Wildman–Crippen LogP) is 10.8. The quantitative estimate of drug-likeness (QED) is 0.223. The van der Waals surface area contributed by atoms with E-state index < -0.39 is 0 Å². The van der Waals surface area contributed by atoms with E-state index in [0.717, 1.165) is 0 Å². The Hall–Kier alpha value is -4.42. The van der Waals surface area contributed by atoms with Crippen molar-refractivity contribution in [2.45, 2.75) is 20.8 Å². The van der Waals surface area contributed by atoms with Crippen LogP contribution in [-0.2, 0) is 0 Å². The van der Waals surface area contributed by atoms with Gasteiger partial charge >= 0.3 is 0 Å². The van der Waals surface area contributed by atoms with Crippen LogP contribution in [0.2, 0.25) is 0 Å². The Balaban J connectivity index is 1.66. The summed E-state index contributed by atoms with van der Waals surface area (Å²) in [6, 6.07) is 35.7. The third-order valence-corrected chi connectivity index (χ3v) is 7.66. The first kappa shape index (κ1) is 23.0. The summed E-state index contributed by atoms with van der Waals surface area (Å²) in [5.41, 5.74) is 10.0. The smallest absolute Gasteiger partial charge is 0.00926 e. The van der Waals surface area contributed by atoms with Crippen LogP contribution in [0.1, 0.15) is 29.2 Å². The van der Waals surface area contributed by atoms with Crippen LogP contribution in [-0.4, -0.2) is 0 Å². The monoisotopic (exact) mass is 474 g/mol. The SMILES string of the molecule is C=Cc1c(C)c(-c2ccc(C=CC)c(C)c2)cc2c1cc(-c1ccc3ccccc3c1)c1ccccc12. The maximum Gasteiger partial charge on any atom is -0.00926 e. The topological polar surface area (TPSA) is 0 Å². The molecule has 0 fully saturated rings. The van der Waals surface area contributed by atoms with E-state index >= 15 is 0 Å². The third-order valence-electron chi connectivity index (χ3n) is 7.66. The van der Waals surface area contributed by atoms with Gasteiger partial charge in [-0.2, -0.15) is 0 Å². The van der Waals surface area contributed by atoms with Crippen LogP contribution in [0.5, 0.6) is 0 Å². The number of rotatable bonds is 4. The zero-order valence-electron chi connectivity index (χ0n) is 21.7. The van der Waals surface area contributed by atoms with Crippen molar-refractivity contribution in [3.05, 3.63) is 132 Å². The molecule has 0 heterocycles. The molecule has 0 N–H and O–H groups in total. The lowest BCUT2D eigenvalue weighted by Crippen LogP contribution is -1.94. The fourth-order valence-corrected chi connectivity index (χ4v) is 5.74. The summed E-state index contributed by atoms with van der Waals surface area (Å²) >= 11 is 0. The van der Waals surface area contributed by atoms with Crippen molar-refractivity contribution in [1.82, 2.24) is 0 Å². The van der Waals surface area contributed by atoms with Crippen LogP contribution in [0.4, 0.5) is 0 Å². The van der Waals surface area contributed by atoms with Crippen molar-refractivity contribution in [3.8, 4) is 22.3 Å². The lowest BCUT2D eigenvalue weighted by atomic mass is 9.85. The summed E-state index contributed by atoms with van der Waals surface area (Å²) in [6.07, 6.45) is 6.29. The zero-order valence-corrected chi connectivity index (χ0v) is 21.7. The molecule has 0 atom stereocenters. The average molecular weight is 475 g/mol. The van der Waals surface area contributed by atoms with Crippen LogP contribution in [0, 0.1) is 13.8 Å². The molecule has 6 aromatic rings. The largest absolute Gasteiger partial charge is 0.0984 e. The molecule has 0 radical (unpaired) electrons. The van der Waals surface area contributed by atoms with Gasteiger partial charge in [0.1, 0.15) is 0 Å². The Morgan fingerprint density at radius 1 is 0.595 bits per heavy atom. The van der Waals surface area contributed by atoms with Crippen molar-refractivity contribution in [1.29, 1.82) is 0 Å². The molecule has 6 rings (SSSR count). The van der Waals surface area contributed by atoms with Crippen LogP contribution >= 0.6 is 0 Å². The summed E-state index contributed by atoms with van der Waals surface area (Å²) in [7, 11) is 0. The summed E-state index contributed by atoms with van der Waals surface area (Å²) in [4.78, 5) is 0. The van der Waals surface area contributed by atoms with Crippen molar-refractivity contribution in [2.24, 2.45) is 0 Å². The fraction of sp³-hybridized carbons (Fsp3) is 0.0811. The van der Waals surface area contributed by atoms with Gasteiger partial charge in [-0.15, -0.1) is 0 Å². The molecule has 0 amide bonds. The van der Waals surface area contributed by atoms with Gasteiger partial charge in [0.05, 0.1) is 0 Å². The predicted molar refractivity (Wildman–Crippen MR) is 164 cm³/mol. The summed E-state index contributed by atoms with van der Waals surface area (Å²) < 4.78 is 0. The van der Waals surface area contributed by atoms with Gasteiger partial charge in [-0.3, -0.25) is 0 Å². The summed E-state index contributed by atoms with van der Waals surface area (Å²) in [5, 5.41) is 7.59. The van der Waals surface area contributed by atoms with Gasteiger partial charge in [-0.05, 0) is 116 Å². The van der Waals surface area contributed by atoms with E-state index in [1.165, 1.54) is 76.8 Å². The van der Waals surface area contributed by atoms with Crippen LogP contribution in [0.3, 0.4) is 0 Å². The number of hydrogen-bond donors (Lipinski definition) is 0. The molecule has 0 aromatic heterocycles. The number of hydrogen-bond acceptors (Lipinski definition) is 0. The van der Waals surface area contributed by atoms with Crippen molar-refractivity contribution in [2.75, 3.05) is 0 Å². The number of fused-ring (bicyclic) bond motifs is 4. The van der Waals surface area contributed by atoms with Gasteiger partial charge in [-0.25, -0.2) is 0 Å².